The van der Waals surface area contributed by atoms with Crippen LogP contribution in [0.15, 0.2) is 40.0 Å². The Morgan fingerprint density at radius 3 is 2.67 bits per heavy atom. The lowest BCUT2D eigenvalue weighted by Gasteiger charge is -2.31. The number of aromatic amines is 1. The molecule has 1 aromatic carbocycles. The summed E-state index contributed by atoms with van der Waals surface area (Å²) in [6, 6.07) is 7.30. The van der Waals surface area contributed by atoms with Crippen molar-refractivity contribution in [2.24, 2.45) is 0 Å². The van der Waals surface area contributed by atoms with E-state index in [-0.39, 0.29) is 11.6 Å². The van der Waals surface area contributed by atoms with Crippen molar-refractivity contribution >= 4 is 17.7 Å². The number of carbonyl (C=O) groups excluding carboxylic acids is 1. The molecule has 144 valence electrons. The zero-order valence-electron chi connectivity index (χ0n) is 14.8. The van der Waals surface area contributed by atoms with E-state index < -0.39 is 23.3 Å². The number of aryl methyl sites for hydroxylation is 1. The summed E-state index contributed by atoms with van der Waals surface area (Å²) in [5.74, 6) is -0.678. The Labute approximate surface area is 158 Å². The SMILES string of the molecule is CCC1CC(NC(=O)c2ccc(C(F)(F)F)[nH]c2=O)c2ccc(C)cc2S1. The molecule has 8 heteroatoms. The number of nitrogens with one attached hydrogen (secondary N) is 2. The van der Waals surface area contributed by atoms with Gasteiger partial charge in [-0.25, -0.2) is 0 Å². The van der Waals surface area contributed by atoms with Gasteiger partial charge < -0.3 is 10.3 Å². The predicted molar refractivity (Wildman–Crippen MR) is 98.0 cm³/mol. The molecular formula is C19H19F3N2O2S. The zero-order valence-corrected chi connectivity index (χ0v) is 15.6. The number of pyridine rings is 1. The highest BCUT2D eigenvalue weighted by atomic mass is 32.2. The molecule has 0 fully saturated rings. The van der Waals surface area contributed by atoms with Gasteiger partial charge >= 0.3 is 6.18 Å². The molecule has 2 unspecified atom stereocenters. The van der Waals surface area contributed by atoms with Gasteiger partial charge in [0.2, 0.25) is 0 Å². The minimum Gasteiger partial charge on any atom is -0.345 e. The number of alkyl halides is 3. The van der Waals surface area contributed by atoms with Gasteiger partial charge in [0, 0.05) is 10.1 Å². The topological polar surface area (TPSA) is 62.0 Å². The van der Waals surface area contributed by atoms with E-state index in [4.69, 9.17) is 0 Å². The van der Waals surface area contributed by atoms with Crippen molar-refractivity contribution in [2.45, 2.75) is 49.1 Å². The average molecular weight is 396 g/mol. The number of halogens is 3. The molecular weight excluding hydrogens is 377 g/mol. The quantitative estimate of drug-likeness (QED) is 0.806. The highest BCUT2D eigenvalue weighted by Gasteiger charge is 2.33. The third-order valence-corrected chi connectivity index (χ3v) is 6.02. The van der Waals surface area contributed by atoms with E-state index in [1.54, 1.807) is 16.7 Å². The van der Waals surface area contributed by atoms with Crippen molar-refractivity contribution in [3.63, 3.8) is 0 Å². The number of hydrogen-bond donors (Lipinski definition) is 2. The first kappa shape index (κ1) is 19.5. The molecule has 2 heterocycles. The van der Waals surface area contributed by atoms with Crippen LogP contribution < -0.4 is 10.9 Å². The number of amides is 1. The van der Waals surface area contributed by atoms with E-state index in [0.717, 1.165) is 28.5 Å². The number of aromatic nitrogens is 1. The lowest BCUT2D eigenvalue weighted by molar-refractivity contribution is -0.141. The van der Waals surface area contributed by atoms with Crippen molar-refractivity contribution in [1.29, 1.82) is 0 Å². The molecule has 0 radical (unpaired) electrons. The average Bonchev–Trinajstić information content (AvgIpc) is 2.60. The largest absolute Gasteiger partial charge is 0.431 e. The van der Waals surface area contributed by atoms with Gasteiger partial charge in [0.15, 0.2) is 0 Å². The number of fused-ring (bicyclic) bond motifs is 1. The maximum absolute atomic E-state index is 12.7. The summed E-state index contributed by atoms with van der Waals surface area (Å²) in [6.07, 6.45) is -3.05. The van der Waals surface area contributed by atoms with Crippen LogP contribution in [0.1, 0.15) is 53.0 Å². The van der Waals surface area contributed by atoms with Crippen LogP contribution in [0.25, 0.3) is 0 Å². The second-order valence-corrected chi connectivity index (χ2v) is 7.91. The monoisotopic (exact) mass is 396 g/mol. The van der Waals surface area contributed by atoms with Gasteiger partial charge in [-0.2, -0.15) is 13.2 Å². The van der Waals surface area contributed by atoms with E-state index in [1.807, 2.05) is 19.1 Å². The summed E-state index contributed by atoms with van der Waals surface area (Å²) in [7, 11) is 0. The summed E-state index contributed by atoms with van der Waals surface area (Å²) in [4.78, 5) is 27.3. The van der Waals surface area contributed by atoms with Gasteiger partial charge in [-0.15, -0.1) is 11.8 Å². The molecule has 27 heavy (non-hydrogen) atoms. The second kappa shape index (κ2) is 7.42. The maximum Gasteiger partial charge on any atom is 0.431 e. The Morgan fingerprint density at radius 1 is 1.30 bits per heavy atom. The fourth-order valence-electron chi connectivity index (χ4n) is 3.09. The molecule has 0 saturated carbocycles. The number of hydrogen-bond acceptors (Lipinski definition) is 3. The van der Waals surface area contributed by atoms with Crippen LogP contribution >= 0.6 is 11.8 Å². The van der Waals surface area contributed by atoms with Gasteiger partial charge in [-0.1, -0.05) is 19.1 Å². The van der Waals surface area contributed by atoms with Crippen LogP contribution in [0.4, 0.5) is 13.2 Å². The number of carbonyl (C=O) groups is 1. The Kier molecular flexibility index (Phi) is 5.37. The molecule has 0 aliphatic carbocycles. The fourth-order valence-corrected chi connectivity index (χ4v) is 4.50. The van der Waals surface area contributed by atoms with Crippen molar-refractivity contribution in [3.8, 4) is 0 Å². The van der Waals surface area contributed by atoms with Crippen molar-refractivity contribution in [1.82, 2.24) is 10.3 Å². The number of rotatable bonds is 3. The molecule has 2 atom stereocenters. The van der Waals surface area contributed by atoms with Gasteiger partial charge in [0.25, 0.3) is 11.5 Å². The maximum atomic E-state index is 12.7. The molecule has 0 bridgehead atoms. The Balaban J connectivity index is 1.87. The van der Waals surface area contributed by atoms with E-state index in [9.17, 15) is 22.8 Å². The fraction of sp³-hybridized carbons (Fsp3) is 0.368. The van der Waals surface area contributed by atoms with E-state index >= 15 is 0 Å². The van der Waals surface area contributed by atoms with Crippen LogP contribution in [0, 0.1) is 6.92 Å². The third-order valence-electron chi connectivity index (χ3n) is 4.56. The van der Waals surface area contributed by atoms with E-state index in [2.05, 4.69) is 18.3 Å². The molecule has 1 aliphatic rings. The van der Waals surface area contributed by atoms with E-state index in [1.165, 1.54) is 0 Å². The van der Waals surface area contributed by atoms with Gasteiger partial charge in [0.1, 0.15) is 11.3 Å². The lowest BCUT2D eigenvalue weighted by Crippen LogP contribution is -2.36. The normalized spacial score (nSPS) is 19.4. The van der Waals surface area contributed by atoms with E-state index in [0.29, 0.717) is 17.7 Å². The molecule has 0 spiro atoms. The molecule has 0 saturated heterocycles. The summed E-state index contributed by atoms with van der Waals surface area (Å²) in [5.41, 5.74) is -0.481. The summed E-state index contributed by atoms with van der Waals surface area (Å²) in [5, 5.41) is 3.14. The Hall–Kier alpha value is -2.22. The van der Waals surface area contributed by atoms with Crippen LogP contribution in [-0.4, -0.2) is 16.1 Å². The first-order valence-electron chi connectivity index (χ1n) is 8.57. The number of benzene rings is 1. The summed E-state index contributed by atoms with van der Waals surface area (Å²) < 4.78 is 38.0. The minimum absolute atomic E-state index is 0.291. The molecule has 2 N–H and O–H groups in total. The first-order chi connectivity index (χ1) is 12.7. The van der Waals surface area contributed by atoms with Crippen molar-refractivity contribution < 1.29 is 18.0 Å². The van der Waals surface area contributed by atoms with Crippen LogP contribution in [0.2, 0.25) is 0 Å². The third kappa shape index (κ3) is 4.21. The molecule has 2 aromatic rings. The Morgan fingerprint density at radius 2 is 2.04 bits per heavy atom. The molecule has 1 aliphatic heterocycles. The minimum atomic E-state index is -4.67. The highest BCUT2D eigenvalue weighted by Crippen LogP contribution is 2.42. The predicted octanol–water partition coefficient (Wildman–Crippen LogP) is 4.45. The van der Waals surface area contributed by atoms with Gasteiger partial charge in [-0.05, 0) is 49.1 Å². The van der Waals surface area contributed by atoms with Crippen LogP contribution in [0.5, 0.6) is 0 Å². The number of thioether (sulfide) groups is 1. The zero-order chi connectivity index (χ0) is 19.8. The smallest absolute Gasteiger partial charge is 0.345 e. The van der Waals surface area contributed by atoms with Crippen molar-refractivity contribution in [2.75, 3.05) is 0 Å². The summed E-state index contributed by atoms with van der Waals surface area (Å²) >= 11 is 1.76. The molecule has 1 aromatic heterocycles. The van der Waals surface area contributed by atoms with Gasteiger partial charge in [-0.3, -0.25) is 9.59 Å². The van der Waals surface area contributed by atoms with Crippen LogP contribution in [0.3, 0.4) is 0 Å². The molecule has 1 amide bonds. The molecule has 4 nitrogen and oxygen atoms in total. The van der Waals surface area contributed by atoms with Crippen LogP contribution in [-0.2, 0) is 6.18 Å². The molecule has 3 rings (SSSR count). The van der Waals surface area contributed by atoms with Crippen molar-refractivity contribution in [3.05, 3.63) is 63.1 Å². The standard InChI is InChI=1S/C19H19F3N2O2S/c1-3-11-9-14(12-5-4-10(2)8-15(12)27-11)23-17(25)13-6-7-16(19(20,21)22)24-18(13)26/h4-8,11,14H,3,9H2,1-2H3,(H,23,25)(H,24,26). The lowest BCUT2D eigenvalue weighted by atomic mass is 9.98. The van der Waals surface area contributed by atoms with Gasteiger partial charge in [0.05, 0.1) is 6.04 Å². The first-order valence-corrected chi connectivity index (χ1v) is 9.45. The number of H-pyrrole nitrogens is 1. The Bertz CT molecular complexity index is 924. The second-order valence-electron chi connectivity index (χ2n) is 6.56. The summed E-state index contributed by atoms with van der Waals surface area (Å²) in [6.45, 7) is 4.06. The highest BCUT2D eigenvalue weighted by molar-refractivity contribution is 8.00.